The Balaban J connectivity index is 1.66. The van der Waals surface area contributed by atoms with Gasteiger partial charge < -0.3 is 10.4 Å². The van der Waals surface area contributed by atoms with Crippen LogP contribution in [0.5, 0.6) is 0 Å². The number of benzene rings is 2. The molecule has 4 rings (SSSR count). The molecule has 0 aliphatic rings. The standard InChI is InChI=1S/C26H23F3N4O4S2/c27-20-12-22(29)25(13-21(20)28)39(36,37)33(15-19-7-4-10-38-19)16-24(34)23(11-17-5-2-1-3-6-17)32-26(35)18-8-9-30-31-14-18/h1-10,12-14,23-24,34H,11,15-16H2,(H,32,35). The van der Waals surface area contributed by atoms with Gasteiger partial charge in [0, 0.05) is 24.0 Å². The SMILES string of the molecule is O=C(NC(Cc1ccccc1)C(O)CN(Cc1cccs1)S(=O)(=O)c1cc(F)c(F)cc1F)c1ccnnc1. The van der Waals surface area contributed by atoms with Gasteiger partial charge in [-0.1, -0.05) is 36.4 Å². The molecule has 13 heteroatoms. The minimum absolute atomic E-state index is 0.124. The van der Waals surface area contributed by atoms with Gasteiger partial charge in [-0.05, 0) is 35.6 Å². The van der Waals surface area contributed by atoms with Crippen LogP contribution in [-0.4, -0.2) is 52.6 Å². The summed E-state index contributed by atoms with van der Waals surface area (Å²) in [5.74, 6) is -5.12. The number of hydrogen-bond acceptors (Lipinski definition) is 7. The zero-order valence-corrected chi connectivity index (χ0v) is 21.9. The normalized spacial score (nSPS) is 13.3. The molecule has 204 valence electrons. The van der Waals surface area contributed by atoms with E-state index < -0.39 is 57.0 Å². The lowest BCUT2D eigenvalue weighted by Crippen LogP contribution is -2.50. The van der Waals surface area contributed by atoms with E-state index in [0.717, 1.165) is 9.87 Å². The zero-order valence-electron chi connectivity index (χ0n) is 20.2. The summed E-state index contributed by atoms with van der Waals surface area (Å²) in [6, 6.07) is 13.1. The molecule has 2 unspecified atom stereocenters. The molecule has 2 atom stereocenters. The molecule has 2 N–H and O–H groups in total. The lowest BCUT2D eigenvalue weighted by Gasteiger charge is -2.30. The molecule has 2 aromatic carbocycles. The second kappa shape index (κ2) is 12.5. The van der Waals surface area contributed by atoms with Gasteiger partial charge in [0.25, 0.3) is 5.91 Å². The first-order chi connectivity index (χ1) is 18.6. The van der Waals surface area contributed by atoms with Crippen molar-refractivity contribution >= 4 is 27.3 Å². The average molecular weight is 577 g/mol. The number of amides is 1. The first-order valence-electron chi connectivity index (χ1n) is 11.6. The topological polar surface area (TPSA) is 112 Å². The second-order valence-electron chi connectivity index (χ2n) is 8.54. The zero-order chi connectivity index (χ0) is 28.0. The van der Waals surface area contributed by atoms with E-state index in [2.05, 4.69) is 15.5 Å². The Bertz CT molecular complexity index is 1510. The molecule has 0 saturated carbocycles. The molecular weight excluding hydrogens is 553 g/mol. The number of nitrogens with zero attached hydrogens (tertiary/aromatic N) is 3. The van der Waals surface area contributed by atoms with Gasteiger partial charge in [0.2, 0.25) is 10.0 Å². The fraction of sp³-hybridized carbons (Fsp3) is 0.192. The summed E-state index contributed by atoms with van der Waals surface area (Å²) in [6.07, 6.45) is 1.19. The minimum Gasteiger partial charge on any atom is -0.390 e. The summed E-state index contributed by atoms with van der Waals surface area (Å²) < 4.78 is 69.8. The van der Waals surface area contributed by atoms with E-state index in [1.54, 1.807) is 47.8 Å². The van der Waals surface area contributed by atoms with Crippen LogP contribution in [0.15, 0.2) is 83.3 Å². The van der Waals surface area contributed by atoms with Crippen LogP contribution >= 0.6 is 11.3 Å². The number of nitrogens with one attached hydrogen (secondary N) is 1. The fourth-order valence-corrected chi connectivity index (χ4v) is 6.12. The number of carbonyl (C=O) groups is 1. The third-order valence-electron chi connectivity index (χ3n) is 5.82. The third kappa shape index (κ3) is 7.06. The largest absolute Gasteiger partial charge is 0.390 e. The van der Waals surface area contributed by atoms with Gasteiger partial charge in [0.05, 0.1) is 30.1 Å². The van der Waals surface area contributed by atoms with E-state index >= 15 is 0 Å². The van der Waals surface area contributed by atoms with Gasteiger partial charge in [-0.15, -0.1) is 11.3 Å². The Morgan fingerprint density at radius 3 is 2.41 bits per heavy atom. The highest BCUT2D eigenvalue weighted by Crippen LogP contribution is 2.26. The van der Waals surface area contributed by atoms with Crippen LogP contribution < -0.4 is 5.32 Å². The lowest BCUT2D eigenvalue weighted by atomic mass is 10.0. The number of halogens is 3. The van der Waals surface area contributed by atoms with Crippen LogP contribution in [0.25, 0.3) is 0 Å². The molecule has 2 heterocycles. The summed E-state index contributed by atoms with van der Waals surface area (Å²) in [4.78, 5) is 12.4. The van der Waals surface area contributed by atoms with Crippen molar-refractivity contribution in [2.45, 2.75) is 30.0 Å². The average Bonchev–Trinajstić information content (AvgIpc) is 3.44. The lowest BCUT2D eigenvalue weighted by molar-refractivity contribution is 0.0778. The Morgan fingerprint density at radius 2 is 1.74 bits per heavy atom. The summed E-state index contributed by atoms with van der Waals surface area (Å²) in [5, 5.41) is 23.0. The Kier molecular flexibility index (Phi) is 9.07. The minimum atomic E-state index is -4.76. The molecule has 0 fully saturated rings. The van der Waals surface area contributed by atoms with Crippen molar-refractivity contribution < 1.29 is 31.5 Å². The van der Waals surface area contributed by atoms with Crippen molar-refractivity contribution in [3.8, 4) is 0 Å². The molecule has 0 spiro atoms. The van der Waals surface area contributed by atoms with E-state index in [1.165, 1.54) is 29.8 Å². The highest BCUT2D eigenvalue weighted by atomic mass is 32.2. The van der Waals surface area contributed by atoms with Crippen LogP contribution in [0.4, 0.5) is 13.2 Å². The van der Waals surface area contributed by atoms with Gasteiger partial charge in [-0.2, -0.15) is 14.5 Å². The van der Waals surface area contributed by atoms with Crippen molar-refractivity contribution in [2.75, 3.05) is 6.54 Å². The predicted molar refractivity (Wildman–Crippen MR) is 138 cm³/mol. The number of aliphatic hydroxyl groups excluding tert-OH is 1. The van der Waals surface area contributed by atoms with Crippen LogP contribution in [0.3, 0.4) is 0 Å². The Hall–Kier alpha value is -3.65. The molecule has 2 aromatic heterocycles. The highest BCUT2D eigenvalue weighted by Gasteiger charge is 2.34. The molecular formula is C26H23F3N4O4S2. The van der Waals surface area contributed by atoms with Crippen molar-refractivity contribution in [1.29, 1.82) is 0 Å². The summed E-state index contributed by atoms with van der Waals surface area (Å²) in [6.45, 7) is -0.874. The fourth-order valence-electron chi connectivity index (χ4n) is 3.83. The number of sulfonamides is 1. The van der Waals surface area contributed by atoms with E-state index in [1.807, 2.05) is 0 Å². The highest BCUT2D eigenvalue weighted by molar-refractivity contribution is 7.89. The molecule has 4 aromatic rings. The van der Waals surface area contributed by atoms with Crippen LogP contribution in [-0.2, 0) is 23.0 Å². The maximum atomic E-state index is 14.6. The van der Waals surface area contributed by atoms with Gasteiger partial charge in [0.1, 0.15) is 10.7 Å². The van der Waals surface area contributed by atoms with E-state index in [9.17, 15) is 31.5 Å². The molecule has 0 saturated heterocycles. The molecule has 0 aliphatic heterocycles. The predicted octanol–water partition coefficient (Wildman–Crippen LogP) is 3.55. The van der Waals surface area contributed by atoms with Gasteiger partial charge in [-0.25, -0.2) is 21.6 Å². The summed E-state index contributed by atoms with van der Waals surface area (Å²) >= 11 is 1.22. The quantitative estimate of drug-likeness (QED) is 0.264. The Labute approximate surface area is 226 Å². The van der Waals surface area contributed by atoms with Crippen LogP contribution in [0.2, 0.25) is 0 Å². The van der Waals surface area contributed by atoms with E-state index in [4.69, 9.17) is 0 Å². The maximum Gasteiger partial charge on any atom is 0.253 e. The number of hydrogen-bond donors (Lipinski definition) is 2. The van der Waals surface area contributed by atoms with Gasteiger partial charge >= 0.3 is 0 Å². The van der Waals surface area contributed by atoms with E-state index in [-0.39, 0.29) is 30.7 Å². The molecule has 0 aliphatic carbocycles. The van der Waals surface area contributed by atoms with Crippen molar-refractivity contribution in [3.63, 3.8) is 0 Å². The number of aliphatic hydroxyl groups is 1. The van der Waals surface area contributed by atoms with Crippen molar-refractivity contribution in [2.24, 2.45) is 0 Å². The third-order valence-corrected chi connectivity index (χ3v) is 8.51. The number of rotatable bonds is 11. The number of aromatic nitrogens is 2. The molecule has 0 bridgehead atoms. The maximum absolute atomic E-state index is 14.6. The summed E-state index contributed by atoms with van der Waals surface area (Å²) in [7, 11) is -4.76. The van der Waals surface area contributed by atoms with Crippen LogP contribution in [0.1, 0.15) is 20.8 Å². The summed E-state index contributed by atoms with van der Waals surface area (Å²) in [5.41, 5.74) is 0.913. The monoisotopic (exact) mass is 576 g/mol. The van der Waals surface area contributed by atoms with Crippen LogP contribution in [0, 0.1) is 17.5 Å². The molecule has 0 radical (unpaired) electrons. The number of carbonyl (C=O) groups excluding carboxylic acids is 1. The first kappa shape index (κ1) is 28.4. The van der Waals surface area contributed by atoms with Gasteiger partial charge in [0.15, 0.2) is 11.6 Å². The second-order valence-corrected chi connectivity index (χ2v) is 11.5. The molecule has 39 heavy (non-hydrogen) atoms. The molecule has 1 amide bonds. The molecule has 8 nitrogen and oxygen atoms in total. The smallest absolute Gasteiger partial charge is 0.253 e. The van der Waals surface area contributed by atoms with Crippen molar-refractivity contribution in [1.82, 2.24) is 19.8 Å². The van der Waals surface area contributed by atoms with Gasteiger partial charge in [-0.3, -0.25) is 4.79 Å². The van der Waals surface area contributed by atoms with Crippen molar-refractivity contribution in [3.05, 3.63) is 112 Å². The van der Waals surface area contributed by atoms with E-state index in [0.29, 0.717) is 4.88 Å². The number of thiophene rings is 1. The first-order valence-corrected chi connectivity index (χ1v) is 13.9. The Morgan fingerprint density at radius 1 is 1.00 bits per heavy atom.